The summed E-state index contributed by atoms with van der Waals surface area (Å²) in [4.78, 5) is 26.9. The van der Waals surface area contributed by atoms with E-state index in [0.29, 0.717) is 35.9 Å². The maximum atomic E-state index is 11.9. The molecule has 0 atom stereocenters. The predicted octanol–water partition coefficient (Wildman–Crippen LogP) is 1.58. The number of aryl methyl sites for hydroxylation is 1. The van der Waals surface area contributed by atoms with Gasteiger partial charge in [0, 0.05) is 33.4 Å². The highest BCUT2D eigenvalue weighted by Gasteiger charge is 2.12. The van der Waals surface area contributed by atoms with Gasteiger partial charge in [-0.15, -0.1) is 0 Å². The largest absolute Gasteiger partial charge is 0.450 e. The number of fused-ring (bicyclic) bond motifs is 1. The Kier molecular flexibility index (Phi) is 7.13. The number of nitrogens with two attached hydrogens (primary N) is 1. The maximum absolute atomic E-state index is 11.9. The summed E-state index contributed by atoms with van der Waals surface area (Å²) in [5.74, 6) is 0.853. The van der Waals surface area contributed by atoms with Gasteiger partial charge in [0.05, 0.1) is 17.8 Å². The Labute approximate surface area is 186 Å². The number of alkyl carbamates (subject to hydrolysis) is 1. The van der Waals surface area contributed by atoms with Gasteiger partial charge in [0.2, 0.25) is 5.95 Å². The molecule has 0 spiro atoms. The smallest absolute Gasteiger partial charge is 0.407 e. The monoisotopic (exact) mass is 461 g/mol. The molecule has 0 saturated heterocycles. The fourth-order valence-corrected chi connectivity index (χ4v) is 3.58. The molecular weight excluding hydrogens is 434 g/mol. The molecule has 1 amide bonds. The van der Waals surface area contributed by atoms with Crippen LogP contribution in [0.15, 0.2) is 35.5 Å². The molecule has 1 aromatic carbocycles. The Morgan fingerprint density at radius 2 is 1.91 bits per heavy atom. The van der Waals surface area contributed by atoms with E-state index >= 15 is 0 Å². The quantitative estimate of drug-likeness (QED) is 0.454. The number of nitrogens with zero attached hydrogens (tertiary/aromatic N) is 5. The van der Waals surface area contributed by atoms with Crippen molar-refractivity contribution >= 4 is 38.9 Å². The zero-order chi connectivity index (χ0) is 23.3. The van der Waals surface area contributed by atoms with E-state index in [9.17, 15) is 13.2 Å². The fourth-order valence-electron chi connectivity index (χ4n) is 2.95. The van der Waals surface area contributed by atoms with E-state index < -0.39 is 15.9 Å². The molecule has 12 heteroatoms. The molecule has 0 radical (unpaired) electrons. The zero-order valence-corrected chi connectivity index (χ0v) is 19.1. The lowest BCUT2D eigenvalue weighted by atomic mass is 10.2. The number of imidazole rings is 1. The van der Waals surface area contributed by atoms with Crippen LogP contribution in [0.1, 0.15) is 18.4 Å². The summed E-state index contributed by atoms with van der Waals surface area (Å²) in [5, 5.41) is 2.65. The number of carbonyl (C=O) groups is 1. The molecule has 32 heavy (non-hydrogen) atoms. The molecule has 0 saturated carbocycles. The molecule has 0 fully saturated rings. The van der Waals surface area contributed by atoms with Crippen LogP contribution in [0.3, 0.4) is 0 Å². The van der Waals surface area contributed by atoms with Crippen LogP contribution >= 0.6 is 0 Å². The number of benzene rings is 1. The van der Waals surface area contributed by atoms with Gasteiger partial charge in [0.25, 0.3) is 0 Å². The van der Waals surface area contributed by atoms with Crippen LogP contribution in [-0.2, 0) is 27.7 Å². The number of nitrogens with one attached hydrogen (secondary N) is 1. The Hall–Kier alpha value is -3.41. The van der Waals surface area contributed by atoms with Crippen molar-refractivity contribution in [2.45, 2.75) is 30.8 Å². The molecule has 172 valence electrons. The van der Waals surface area contributed by atoms with Crippen molar-refractivity contribution in [2.75, 3.05) is 37.6 Å². The molecule has 0 aliphatic rings. The Morgan fingerprint density at radius 3 is 2.56 bits per heavy atom. The number of carbonyl (C=O) groups excluding carboxylic acids is 1. The Morgan fingerprint density at radius 1 is 1.19 bits per heavy atom. The third kappa shape index (κ3) is 5.84. The van der Waals surface area contributed by atoms with E-state index in [4.69, 9.17) is 10.5 Å². The van der Waals surface area contributed by atoms with Crippen molar-refractivity contribution < 1.29 is 17.9 Å². The number of unbranched alkanes of at least 4 members (excludes halogenated alkanes) is 1. The van der Waals surface area contributed by atoms with Gasteiger partial charge >= 0.3 is 6.09 Å². The van der Waals surface area contributed by atoms with Crippen molar-refractivity contribution in [2.24, 2.45) is 0 Å². The van der Waals surface area contributed by atoms with Gasteiger partial charge in [-0.05, 0) is 30.5 Å². The lowest BCUT2D eigenvalue weighted by Gasteiger charge is -2.11. The molecule has 3 rings (SSSR count). The van der Waals surface area contributed by atoms with Crippen LogP contribution in [0.5, 0.6) is 0 Å². The van der Waals surface area contributed by atoms with Crippen LogP contribution < -0.4 is 16.0 Å². The number of nitrogen functional groups attached to an aromatic ring is 1. The number of hydrogen-bond acceptors (Lipinski definition) is 9. The molecule has 0 aliphatic carbocycles. The van der Waals surface area contributed by atoms with Gasteiger partial charge in [-0.3, -0.25) is 0 Å². The summed E-state index contributed by atoms with van der Waals surface area (Å²) in [6, 6.07) is 6.34. The minimum atomic E-state index is -3.24. The van der Waals surface area contributed by atoms with Gasteiger partial charge in [-0.1, -0.05) is 12.1 Å². The molecule has 3 N–H and O–H groups in total. The number of amides is 1. The molecule has 2 heterocycles. The van der Waals surface area contributed by atoms with Crippen molar-refractivity contribution in [3.8, 4) is 0 Å². The number of ether oxygens (including phenoxy) is 1. The van der Waals surface area contributed by atoms with Crippen molar-refractivity contribution in [1.82, 2.24) is 24.8 Å². The van der Waals surface area contributed by atoms with Crippen molar-refractivity contribution in [3.63, 3.8) is 0 Å². The first-order chi connectivity index (χ1) is 15.1. The molecule has 0 unspecified atom stereocenters. The highest BCUT2D eigenvalue weighted by molar-refractivity contribution is 7.90. The summed E-state index contributed by atoms with van der Waals surface area (Å²) in [6.45, 7) is 1.17. The summed E-state index contributed by atoms with van der Waals surface area (Å²) in [7, 11) is 0.445. The highest BCUT2D eigenvalue weighted by atomic mass is 32.2. The van der Waals surface area contributed by atoms with Crippen LogP contribution in [0.2, 0.25) is 0 Å². The van der Waals surface area contributed by atoms with E-state index in [-0.39, 0.29) is 18.0 Å². The number of hydrogen-bond donors (Lipinski definition) is 2. The van der Waals surface area contributed by atoms with Crippen molar-refractivity contribution in [3.05, 3.63) is 36.2 Å². The molecule has 0 aliphatic heterocycles. The molecule has 3 aromatic rings. The van der Waals surface area contributed by atoms with Gasteiger partial charge in [-0.2, -0.15) is 9.97 Å². The average molecular weight is 462 g/mol. The molecule has 11 nitrogen and oxygen atoms in total. The van der Waals surface area contributed by atoms with Crippen molar-refractivity contribution in [1.29, 1.82) is 0 Å². The lowest BCUT2D eigenvalue weighted by Crippen LogP contribution is -2.24. The second-order valence-electron chi connectivity index (χ2n) is 7.53. The highest BCUT2D eigenvalue weighted by Crippen LogP contribution is 2.19. The van der Waals surface area contributed by atoms with Crippen LogP contribution in [0.25, 0.3) is 11.2 Å². The van der Waals surface area contributed by atoms with E-state index in [1.165, 1.54) is 12.1 Å². The van der Waals surface area contributed by atoms with E-state index in [1.807, 2.05) is 18.7 Å². The number of rotatable bonds is 9. The van der Waals surface area contributed by atoms with Gasteiger partial charge in [0.1, 0.15) is 5.52 Å². The first-order valence-corrected chi connectivity index (χ1v) is 11.9. The van der Waals surface area contributed by atoms with E-state index in [2.05, 4.69) is 20.3 Å². The Balaban J connectivity index is 1.41. The summed E-state index contributed by atoms with van der Waals surface area (Å²) < 4.78 is 30.0. The van der Waals surface area contributed by atoms with Gasteiger partial charge < -0.3 is 25.3 Å². The second kappa shape index (κ2) is 9.81. The maximum Gasteiger partial charge on any atom is 0.407 e. The van der Waals surface area contributed by atoms with E-state index in [1.54, 1.807) is 23.4 Å². The predicted molar refractivity (Wildman–Crippen MR) is 121 cm³/mol. The standard InChI is InChI=1S/C20H27N7O4S/c1-26(2)19-24-17(21)16-18(25-19)27(13-23-16)10-4-5-11-31-20(28)22-12-14-6-8-15(9-7-14)32(3,29)30/h6-9,13H,4-5,10-12H2,1-3H3,(H,22,28)(H2,21,24,25). The normalized spacial score (nSPS) is 11.5. The first kappa shape index (κ1) is 23.3. The summed E-state index contributed by atoms with van der Waals surface area (Å²) in [6.07, 6.45) is 3.72. The first-order valence-electron chi connectivity index (χ1n) is 10.0. The summed E-state index contributed by atoms with van der Waals surface area (Å²) in [5.41, 5.74) is 7.98. The van der Waals surface area contributed by atoms with E-state index in [0.717, 1.165) is 18.2 Å². The summed E-state index contributed by atoms with van der Waals surface area (Å²) >= 11 is 0. The van der Waals surface area contributed by atoms with Crippen LogP contribution in [0, 0.1) is 0 Å². The number of aromatic nitrogens is 4. The van der Waals surface area contributed by atoms with Crippen LogP contribution in [-0.4, -0.2) is 61.0 Å². The number of sulfone groups is 1. The van der Waals surface area contributed by atoms with Gasteiger partial charge in [0.15, 0.2) is 21.3 Å². The minimum absolute atomic E-state index is 0.238. The third-order valence-electron chi connectivity index (χ3n) is 4.69. The second-order valence-corrected chi connectivity index (χ2v) is 9.54. The molecule has 2 aromatic heterocycles. The Bertz CT molecular complexity index is 1190. The minimum Gasteiger partial charge on any atom is -0.450 e. The lowest BCUT2D eigenvalue weighted by molar-refractivity contribution is 0.143. The SMILES string of the molecule is CN(C)c1nc(N)c2ncn(CCCCOC(=O)NCc3ccc(S(C)(=O)=O)cc3)c2n1. The zero-order valence-electron chi connectivity index (χ0n) is 18.3. The van der Waals surface area contributed by atoms with Gasteiger partial charge in [-0.25, -0.2) is 18.2 Å². The number of anilines is 2. The van der Waals surface area contributed by atoms with Crippen LogP contribution in [0.4, 0.5) is 16.6 Å². The topological polar surface area (TPSA) is 145 Å². The third-order valence-corrected chi connectivity index (χ3v) is 5.82. The average Bonchev–Trinajstić information content (AvgIpc) is 3.15. The fraction of sp³-hybridized carbons (Fsp3) is 0.400. The molecule has 0 bridgehead atoms. The molecular formula is C20H27N7O4S.